The van der Waals surface area contributed by atoms with Gasteiger partial charge >= 0.3 is 0 Å². The molecule has 7 heteroatoms. The molecule has 20 heavy (non-hydrogen) atoms. The molecular formula is C13H16ClF2NO2S. The molecular weight excluding hydrogens is 308 g/mol. The molecule has 1 aromatic rings. The van der Waals surface area contributed by atoms with Gasteiger partial charge in [-0.2, -0.15) is 4.31 Å². The highest BCUT2D eigenvalue weighted by Crippen LogP contribution is 2.34. The average molecular weight is 324 g/mol. The van der Waals surface area contributed by atoms with Crippen molar-refractivity contribution in [2.45, 2.75) is 31.0 Å². The monoisotopic (exact) mass is 323 g/mol. The number of alkyl halides is 1. The molecule has 1 aromatic carbocycles. The van der Waals surface area contributed by atoms with E-state index >= 15 is 0 Å². The summed E-state index contributed by atoms with van der Waals surface area (Å²) in [5.74, 6) is -2.62. The maximum absolute atomic E-state index is 13.8. The second kappa shape index (κ2) is 5.24. The van der Waals surface area contributed by atoms with Crippen molar-refractivity contribution in [2.75, 3.05) is 13.1 Å². The van der Waals surface area contributed by atoms with E-state index in [2.05, 4.69) is 0 Å². The van der Waals surface area contributed by atoms with Gasteiger partial charge in [-0.05, 0) is 29.5 Å². The van der Waals surface area contributed by atoms with Crippen molar-refractivity contribution in [1.29, 1.82) is 0 Å². The molecule has 0 amide bonds. The molecule has 1 heterocycles. The molecule has 0 spiro atoms. The Bertz CT molecular complexity index is 632. The Morgan fingerprint density at radius 3 is 2.50 bits per heavy atom. The Balaban J connectivity index is 2.47. The van der Waals surface area contributed by atoms with Gasteiger partial charge < -0.3 is 0 Å². The molecule has 1 fully saturated rings. The Morgan fingerprint density at radius 1 is 1.35 bits per heavy atom. The van der Waals surface area contributed by atoms with Gasteiger partial charge in [-0.1, -0.05) is 13.8 Å². The van der Waals surface area contributed by atoms with Gasteiger partial charge in [0.1, 0.15) is 4.90 Å². The molecule has 0 aliphatic carbocycles. The maximum Gasteiger partial charge on any atom is 0.246 e. The Labute approximate surface area is 122 Å². The zero-order chi connectivity index (χ0) is 15.1. The number of hydrogen-bond acceptors (Lipinski definition) is 2. The summed E-state index contributed by atoms with van der Waals surface area (Å²) in [4.78, 5) is -0.633. The van der Waals surface area contributed by atoms with Gasteiger partial charge in [-0.25, -0.2) is 17.2 Å². The highest BCUT2D eigenvalue weighted by Gasteiger charge is 2.38. The summed E-state index contributed by atoms with van der Waals surface area (Å²) in [5.41, 5.74) is 0.0780. The minimum atomic E-state index is -4.04. The van der Waals surface area contributed by atoms with Crippen LogP contribution >= 0.6 is 11.6 Å². The lowest BCUT2D eigenvalue weighted by Gasteiger charge is -2.20. The van der Waals surface area contributed by atoms with E-state index in [1.165, 1.54) is 4.31 Å². The van der Waals surface area contributed by atoms with Gasteiger partial charge in [0.2, 0.25) is 10.0 Å². The number of rotatable bonds is 3. The first-order valence-corrected chi connectivity index (χ1v) is 8.19. The molecule has 0 aromatic heterocycles. The van der Waals surface area contributed by atoms with Crippen molar-refractivity contribution < 1.29 is 17.2 Å². The van der Waals surface area contributed by atoms with E-state index in [1.807, 2.05) is 13.8 Å². The summed E-state index contributed by atoms with van der Waals surface area (Å²) in [6.45, 7) is 4.48. The number of nitrogens with zero attached hydrogens (tertiary/aromatic N) is 1. The van der Waals surface area contributed by atoms with E-state index in [0.717, 1.165) is 12.1 Å². The Hall–Kier alpha value is -0.720. The van der Waals surface area contributed by atoms with E-state index in [0.29, 0.717) is 19.5 Å². The van der Waals surface area contributed by atoms with Crippen LogP contribution in [0.25, 0.3) is 0 Å². The van der Waals surface area contributed by atoms with Gasteiger partial charge in [0, 0.05) is 19.0 Å². The van der Waals surface area contributed by atoms with Gasteiger partial charge in [0.15, 0.2) is 11.6 Å². The standard InChI is InChI=1S/C13H16ClF2NO2S/c1-13(2)3-4-17(8-13)20(18,19)11-6-9(7-14)5-10(15)12(11)16/h5-6H,3-4,7-8H2,1-2H3. The van der Waals surface area contributed by atoms with Crippen molar-refractivity contribution >= 4 is 21.6 Å². The molecule has 3 nitrogen and oxygen atoms in total. The van der Waals surface area contributed by atoms with E-state index in [9.17, 15) is 17.2 Å². The van der Waals surface area contributed by atoms with Crippen LogP contribution in [-0.2, 0) is 15.9 Å². The van der Waals surface area contributed by atoms with Crippen LogP contribution < -0.4 is 0 Å². The minimum absolute atomic E-state index is 0.0782. The van der Waals surface area contributed by atoms with Gasteiger partial charge in [-0.3, -0.25) is 0 Å². The maximum atomic E-state index is 13.8. The summed E-state index contributed by atoms with van der Waals surface area (Å²) in [7, 11) is -4.04. The molecule has 0 atom stereocenters. The summed E-state index contributed by atoms with van der Waals surface area (Å²) in [6, 6.07) is 2.02. The van der Waals surface area contributed by atoms with E-state index < -0.39 is 26.6 Å². The van der Waals surface area contributed by atoms with E-state index in [-0.39, 0.29) is 16.9 Å². The first kappa shape index (κ1) is 15.7. The molecule has 0 N–H and O–H groups in total. The predicted molar refractivity (Wildman–Crippen MR) is 73.1 cm³/mol. The fourth-order valence-corrected chi connectivity index (χ4v) is 4.20. The summed E-state index contributed by atoms with van der Waals surface area (Å²) < 4.78 is 53.4. The van der Waals surface area contributed by atoms with Crippen molar-refractivity contribution in [3.63, 3.8) is 0 Å². The lowest BCUT2D eigenvalue weighted by Crippen LogP contribution is -2.31. The molecule has 1 aliphatic rings. The van der Waals surface area contributed by atoms with E-state index in [4.69, 9.17) is 11.6 Å². The SMILES string of the molecule is CC1(C)CCN(S(=O)(=O)c2cc(CCl)cc(F)c2F)C1. The molecule has 0 unspecified atom stereocenters. The van der Waals surface area contributed by atoms with Crippen LogP contribution in [0.1, 0.15) is 25.8 Å². The number of halogens is 3. The van der Waals surface area contributed by atoms with Crippen LogP contribution in [0.3, 0.4) is 0 Å². The zero-order valence-corrected chi connectivity index (χ0v) is 12.9. The largest absolute Gasteiger partial charge is 0.246 e. The second-order valence-electron chi connectivity index (χ2n) is 5.78. The third kappa shape index (κ3) is 2.82. The highest BCUT2D eigenvalue weighted by molar-refractivity contribution is 7.89. The molecule has 2 rings (SSSR count). The Kier molecular flexibility index (Phi) is 4.10. The quantitative estimate of drug-likeness (QED) is 0.801. The summed E-state index contributed by atoms with van der Waals surface area (Å²) in [6.07, 6.45) is 0.686. The fourth-order valence-electron chi connectivity index (χ4n) is 2.29. The Morgan fingerprint density at radius 2 is 2.00 bits per heavy atom. The molecule has 0 radical (unpaired) electrons. The van der Waals surface area contributed by atoms with Crippen molar-refractivity contribution in [3.8, 4) is 0 Å². The van der Waals surface area contributed by atoms with Crippen LogP contribution in [0.15, 0.2) is 17.0 Å². The normalized spacial score (nSPS) is 19.4. The smallest absolute Gasteiger partial charge is 0.207 e. The average Bonchev–Trinajstić information content (AvgIpc) is 2.73. The minimum Gasteiger partial charge on any atom is -0.207 e. The van der Waals surface area contributed by atoms with Crippen LogP contribution in [0.5, 0.6) is 0 Å². The summed E-state index contributed by atoms with van der Waals surface area (Å²) >= 11 is 5.58. The highest BCUT2D eigenvalue weighted by atomic mass is 35.5. The lowest BCUT2D eigenvalue weighted by molar-refractivity contribution is 0.373. The first-order valence-electron chi connectivity index (χ1n) is 6.21. The van der Waals surface area contributed by atoms with Gasteiger partial charge in [-0.15, -0.1) is 11.6 Å². The molecule has 112 valence electrons. The van der Waals surface area contributed by atoms with Crippen LogP contribution in [-0.4, -0.2) is 25.8 Å². The van der Waals surface area contributed by atoms with E-state index in [1.54, 1.807) is 0 Å². The second-order valence-corrected chi connectivity index (χ2v) is 7.95. The first-order chi connectivity index (χ1) is 9.17. The third-order valence-electron chi connectivity index (χ3n) is 3.47. The van der Waals surface area contributed by atoms with Crippen molar-refractivity contribution in [1.82, 2.24) is 4.31 Å². The molecule has 1 aliphatic heterocycles. The molecule has 1 saturated heterocycles. The molecule has 0 bridgehead atoms. The van der Waals surface area contributed by atoms with Crippen LogP contribution in [0.4, 0.5) is 8.78 Å². The predicted octanol–water partition coefficient (Wildman–Crippen LogP) is 3.12. The van der Waals surface area contributed by atoms with Crippen molar-refractivity contribution in [2.24, 2.45) is 5.41 Å². The fraction of sp³-hybridized carbons (Fsp3) is 0.538. The van der Waals surface area contributed by atoms with Gasteiger partial charge in [0.05, 0.1) is 0 Å². The lowest BCUT2D eigenvalue weighted by atomic mass is 9.93. The van der Waals surface area contributed by atoms with Gasteiger partial charge in [0.25, 0.3) is 0 Å². The topological polar surface area (TPSA) is 37.4 Å². The van der Waals surface area contributed by atoms with Crippen LogP contribution in [0, 0.1) is 17.0 Å². The molecule has 0 saturated carbocycles. The van der Waals surface area contributed by atoms with Crippen LogP contribution in [0.2, 0.25) is 0 Å². The third-order valence-corrected chi connectivity index (χ3v) is 5.62. The number of hydrogen-bond donors (Lipinski definition) is 0. The van der Waals surface area contributed by atoms with Crippen molar-refractivity contribution in [3.05, 3.63) is 29.3 Å². The summed E-state index contributed by atoms with van der Waals surface area (Å²) in [5, 5.41) is 0. The number of benzene rings is 1. The zero-order valence-electron chi connectivity index (χ0n) is 11.3. The number of sulfonamides is 1.